The van der Waals surface area contributed by atoms with Gasteiger partial charge in [-0.15, -0.1) is 0 Å². The zero-order valence-electron chi connectivity index (χ0n) is 29.6. The zero-order valence-corrected chi connectivity index (χ0v) is 29.6. The van der Waals surface area contributed by atoms with E-state index in [1.54, 1.807) is 0 Å². The first-order chi connectivity index (χ1) is 19.6. The van der Waals surface area contributed by atoms with Crippen molar-refractivity contribution in [1.29, 1.82) is 0 Å². The molecule has 2 saturated heterocycles. The predicted octanol–water partition coefficient (Wildman–Crippen LogP) is 5.66. The van der Waals surface area contributed by atoms with Crippen molar-refractivity contribution >= 4 is 0 Å². The molecule has 4 saturated carbocycles. The summed E-state index contributed by atoms with van der Waals surface area (Å²) in [5, 5.41) is 5.42. The van der Waals surface area contributed by atoms with Crippen LogP contribution in [0.4, 0.5) is 0 Å². The molecule has 2 aliphatic heterocycles. The van der Waals surface area contributed by atoms with Crippen molar-refractivity contribution in [2.75, 3.05) is 19.6 Å². The summed E-state index contributed by atoms with van der Waals surface area (Å²) in [5.41, 5.74) is 6.20. The number of piperidine rings is 1. The fourth-order valence-corrected chi connectivity index (χ4v) is 14.4. The van der Waals surface area contributed by atoms with Gasteiger partial charge in [-0.05, 0) is 117 Å². The molecule has 4 heteroatoms. The number of hydrogen-bond donors (Lipinski definition) is 3. The minimum Gasteiger partial charge on any atom is -0.358 e. The third-order valence-electron chi connectivity index (χ3n) is 17.8. The van der Waals surface area contributed by atoms with Gasteiger partial charge in [-0.25, -0.2) is 0 Å². The molecule has 12 atom stereocenters. The molecule has 1 unspecified atom stereocenters. The Labute approximate surface area is 260 Å². The maximum Gasteiger partial charge on any atom is 0.203 e. The largest absolute Gasteiger partial charge is 0.358 e. The second kappa shape index (κ2) is 10.2. The van der Waals surface area contributed by atoms with Crippen LogP contribution in [0.5, 0.6) is 0 Å². The summed E-state index contributed by atoms with van der Waals surface area (Å²) in [6.07, 6.45) is 19.2. The summed E-state index contributed by atoms with van der Waals surface area (Å²) in [7, 11) is 0. The Bertz CT molecular complexity index is 1020. The molecule has 4 nitrogen and oxygen atoms in total. The zero-order chi connectivity index (χ0) is 30.5. The van der Waals surface area contributed by atoms with E-state index in [1.807, 2.05) is 0 Å². The van der Waals surface area contributed by atoms with Crippen molar-refractivity contribution in [2.45, 2.75) is 170 Å². The van der Waals surface area contributed by atoms with Crippen molar-refractivity contribution in [2.24, 2.45) is 50.2 Å². The Morgan fingerprint density at radius 2 is 1.52 bits per heavy atom. The number of quaternary nitrogens is 3. The van der Waals surface area contributed by atoms with Crippen molar-refractivity contribution in [3.05, 3.63) is 0 Å². The van der Waals surface area contributed by atoms with Crippen LogP contribution in [-0.2, 0) is 4.74 Å². The fourth-order valence-electron chi connectivity index (χ4n) is 14.4. The highest BCUT2D eigenvalue weighted by Crippen LogP contribution is 2.85. The lowest BCUT2D eigenvalue weighted by Crippen LogP contribution is -3.01. The summed E-state index contributed by atoms with van der Waals surface area (Å²) in [4.78, 5) is 0. The molecule has 0 radical (unpaired) electrons. The van der Waals surface area contributed by atoms with E-state index in [1.165, 1.54) is 103 Å². The number of hydrogen-bond acceptors (Lipinski definition) is 1. The summed E-state index contributed by atoms with van der Waals surface area (Å²) < 4.78 is 7.57. The van der Waals surface area contributed by atoms with Gasteiger partial charge in [0, 0.05) is 30.1 Å². The third kappa shape index (κ3) is 3.86. The second-order valence-corrected chi connectivity index (χ2v) is 18.9. The van der Waals surface area contributed by atoms with Gasteiger partial charge in [-0.1, -0.05) is 55.4 Å². The fraction of sp³-hybridized carbons (Fsp3) is 1.00. The molecule has 0 aromatic carbocycles. The van der Waals surface area contributed by atoms with Crippen LogP contribution in [0.2, 0.25) is 0 Å². The van der Waals surface area contributed by atoms with Crippen LogP contribution in [0.1, 0.15) is 152 Å². The minimum absolute atomic E-state index is 0.000305. The molecular formula is C38H72N3O+3. The van der Waals surface area contributed by atoms with Crippen molar-refractivity contribution < 1.29 is 21.1 Å². The van der Waals surface area contributed by atoms with E-state index in [2.05, 4.69) is 78.7 Å². The van der Waals surface area contributed by atoms with Gasteiger partial charge in [0.2, 0.25) is 5.72 Å². The number of ether oxygens (including phenoxy) is 1. The third-order valence-corrected chi connectivity index (χ3v) is 17.8. The number of fused-ring (bicyclic) bond motifs is 7. The van der Waals surface area contributed by atoms with E-state index < -0.39 is 0 Å². The highest BCUT2D eigenvalue weighted by Gasteiger charge is 2.84. The van der Waals surface area contributed by atoms with E-state index in [-0.39, 0.29) is 16.7 Å². The summed E-state index contributed by atoms with van der Waals surface area (Å²) in [6, 6.07) is 0.837. The molecule has 0 aromatic rings. The number of nitrogens with two attached hydrogens (primary N) is 2. The molecule has 0 bridgehead atoms. The Morgan fingerprint density at radius 3 is 2.21 bits per heavy atom. The quantitative estimate of drug-likeness (QED) is 0.331. The summed E-state index contributed by atoms with van der Waals surface area (Å²) in [6.45, 7) is 27.9. The SMILES string of the molecule is C[C@H]1CC[C@]2([NH2+]C1)O[C@@]1(C)C[C@@]3(C)[C@@H]4CC[C@@]5(C)CC([NH2+]CCCCCC[NH3+])CC[C@]5(C)[C@@]4(C)CC[C@]3(C)[C@@]1(C)[C@@H]2C. The van der Waals surface area contributed by atoms with Gasteiger partial charge in [0.05, 0.1) is 31.3 Å². The first kappa shape index (κ1) is 31.8. The maximum absolute atomic E-state index is 7.57. The van der Waals surface area contributed by atoms with Gasteiger partial charge in [-0.2, -0.15) is 0 Å². The number of unbranched alkanes of at least 4 members (excludes halogenated alkanes) is 3. The first-order valence-corrected chi connectivity index (χ1v) is 18.8. The molecular weight excluding hydrogens is 514 g/mol. The molecule has 1 spiro atoms. The van der Waals surface area contributed by atoms with E-state index in [0.717, 1.165) is 24.4 Å². The Hall–Kier alpha value is -0.160. The van der Waals surface area contributed by atoms with Crippen LogP contribution in [0, 0.1) is 50.2 Å². The molecule has 6 aliphatic rings. The Morgan fingerprint density at radius 1 is 0.786 bits per heavy atom. The van der Waals surface area contributed by atoms with Crippen LogP contribution in [0.15, 0.2) is 0 Å². The highest BCUT2D eigenvalue weighted by atomic mass is 16.5. The standard InChI is InChI=1S/C38H69N3O/c1-27-14-19-38(41-25-27)28(2)37(9)35(7)21-20-32(4)30(33(35,5)26-36(37,8)42-38)16-17-31(3)24-29(15-18-34(31,32)6)40-23-13-11-10-12-22-39/h27-30,40-41H,10-26,39H2,1-9H3/p+3/t27-,28-,29?,30+,31-,32-,33-,34-,35-,36-,37+,38-/m0/s1. The van der Waals surface area contributed by atoms with E-state index in [0.29, 0.717) is 33.0 Å². The number of rotatable bonds is 7. The molecule has 4 aliphatic carbocycles. The van der Waals surface area contributed by atoms with E-state index >= 15 is 0 Å². The average molecular weight is 587 g/mol. The van der Waals surface area contributed by atoms with E-state index in [4.69, 9.17) is 4.74 Å². The molecule has 0 amide bonds. The molecule has 2 heterocycles. The predicted molar refractivity (Wildman–Crippen MR) is 172 cm³/mol. The van der Waals surface area contributed by atoms with Gasteiger partial charge >= 0.3 is 0 Å². The Balaban J connectivity index is 1.24. The van der Waals surface area contributed by atoms with Crippen LogP contribution in [0.25, 0.3) is 0 Å². The lowest BCUT2D eigenvalue weighted by Gasteiger charge is -2.73. The van der Waals surface area contributed by atoms with Gasteiger partial charge in [0.1, 0.15) is 0 Å². The average Bonchev–Trinajstić information content (AvgIpc) is 3.18. The normalized spacial score (nSPS) is 57.0. The van der Waals surface area contributed by atoms with Gasteiger partial charge in [0.15, 0.2) is 0 Å². The van der Waals surface area contributed by atoms with Crippen LogP contribution in [-0.4, -0.2) is 37.0 Å². The molecule has 6 fully saturated rings. The van der Waals surface area contributed by atoms with Crippen molar-refractivity contribution in [1.82, 2.24) is 0 Å². The lowest BCUT2D eigenvalue weighted by molar-refractivity contribution is -0.788. The van der Waals surface area contributed by atoms with Gasteiger partial charge in [0.25, 0.3) is 0 Å². The molecule has 7 N–H and O–H groups in total. The van der Waals surface area contributed by atoms with Crippen LogP contribution < -0.4 is 16.4 Å². The summed E-state index contributed by atoms with van der Waals surface area (Å²) in [5.74, 6) is 2.21. The lowest BCUT2D eigenvalue weighted by atomic mass is 9.31. The monoisotopic (exact) mass is 587 g/mol. The second-order valence-electron chi connectivity index (χ2n) is 18.9. The molecule has 42 heavy (non-hydrogen) atoms. The maximum atomic E-state index is 7.57. The smallest absolute Gasteiger partial charge is 0.203 e. The summed E-state index contributed by atoms with van der Waals surface area (Å²) >= 11 is 0. The van der Waals surface area contributed by atoms with Crippen molar-refractivity contribution in [3.63, 3.8) is 0 Å². The molecule has 6 rings (SSSR count). The Kier molecular flexibility index (Phi) is 7.70. The molecule has 242 valence electrons. The first-order valence-electron chi connectivity index (χ1n) is 18.8. The van der Waals surface area contributed by atoms with Gasteiger partial charge in [-0.3, -0.25) is 0 Å². The van der Waals surface area contributed by atoms with E-state index in [9.17, 15) is 0 Å². The van der Waals surface area contributed by atoms with Crippen LogP contribution >= 0.6 is 0 Å². The highest BCUT2D eigenvalue weighted by molar-refractivity contribution is 5.30. The minimum atomic E-state index is -0.0276. The van der Waals surface area contributed by atoms with Crippen molar-refractivity contribution in [3.8, 4) is 0 Å². The van der Waals surface area contributed by atoms with Gasteiger partial charge < -0.3 is 21.1 Å². The van der Waals surface area contributed by atoms with Crippen LogP contribution in [0.3, 0.4) is 0 Å². The molecule has 0 aromatic heterocycles. The topological polar surface area (TPSA) is 70.1 Å².